The zero-order valence-corrected chi connectivity index (χ0v) is 13.9. The van der Waals surface area contributed by atoms with Gasteiger partial charge >= 0.3 is 0 Å². The SMILES string of the molecule is O=C1C[C@@H](C(=O)N(C[C@@H]2CCOC2)C2CC2)CN1C1CCCC1. The maximum atomic E-state index is 13.0. The lowest BCUT2D eigenvalue weighted by Gasteiger charge is -2.28. The Bertz CT molecular complexity index is 465. The molecule has 0 radical (unpaired) electrons. The van der Waals surface area contributed by atoms with E-state index in [1.807, 2.05) is 4.90 Å². The molecule has 5 heteroatoms. The third kappa shape index (κ3) is 3.25. The summed E-state index contributed by atoms with van der Waals surface area (Å²) in [7, 11) is 0. The van der Waals surface area contributed by atoms with Crippen molar-refractivity contribution in [3.63, 3.8) is 0 Å². The molecule has 2 aliphatic carbocycles. The van der Waals surface area contributed by atoms with Gasteiger partial charge in [0.2, 0.25) is 11.8 Å². The van der Waals surface area contributed by atoms with E-state index in [0.29, 0.717) is 31.0 Å². The Hall–Kier alpha value is -1.10. The summed E-state index contributed by atoms with van der Waals surface area (Å²) >= 11 is 0. The van der Waals surface area contributed by atoms with Crippen LogP contribution < -0.4 is 0 Å². The van der Waals surface area contributed by atoms with Crippen LogP contribution in [0.25, 0.3) is 0 Å². The number of ether oxygens (including phenoxy) is 1. The number of carbonyl (C=O) groups excluding carboxylic acids is 2. The normalized spacial score (nSPS) is 32.0. The van der Waals surface area contributed by atoms with Crippen molar-refractivity contribution in [3.05, 3.63) is 0 Å². The number of amides is 2. The fraction of sp³-hybridized carbons (Fsp3) is 0.889. The summed E-state index contributed by atoms with van der Waals surface area (Å²) in [4.78, 5) is 29.5. The minimum Gasteiger partial charge on any atom is -0.381 e. The van der Waals surface area contributed by atoms with Crippen LogP contribution in [0.2, 0.25) is 0 Å². The lowest BCUT2D eigenvalue weighted by atomic mass is 10.0. The van der Waals surface area contributed by atoms with Crippen LogP contribution in [-0.2, 0) is 14.3 Å². The van der Waals surface area contributed by atoms with Gasteiger partial charge in [0.1, 0.15) is 0 Å². The zero-order valence-electron chi connectivity index (χ0n) is 13.9. The molecular formula is C18H28N2O3. The van der Waals surface area contributed by atoms with Crippen LogP contribution in [0, 0.1) is 11.8 Å². The van der Waals surface area contributed by atoms with E-state index in [0.717, 1.165) is 51.9 Å². The van der Waals surface area contributed by atoms with Gasteiger partial charge in [-0.2, -0.15) is 0 Å². The summed E-state index contributed by atoms with van der Waals surface area (Å²) < 4.78 is 5.46. The Balaban J connectivity index is 1.39. The maximum Gasteiger partial charge on any atom is 0.228 e. The van der Waals surface area contributed by atoms with E-state index >= 15 is 0 Å². The number of hydrogen-bond acceptors (Lipinski definition) is 3. The van der Waals surface area contributed by atoms with E-state index in [9.17, 15) is 9.59 Å². The Kier molecular flexibility index (Phi) is 4.31. The summed E-state index contributed by atoms with van der Waals surface area (Å²) in [6, 6.07) is 0.830. The number of likely N-dealkylation sites (tertiary alicyclic amines) is 1. The molecule has 4 fully saturated rings. The average molecular weight is 320 g/mol. The summed E-state index contributed by atoms with van der Waals surface area (Å²) in [5, 5.41) is 0. The van der Waals surface area contributed by atoms with Crippen LogP contribution >= 0.6 is 0 Å². The van der Waals surface area contributed by atoms with Gasteiger partial charge in [-0.1, -0.05) is 12.8 Å². The predicted octanol–water partition coefficient (Wildman–Crippen LogP) is 1.80. The maximum absolute atomic E-state index is 13.0. The van der Waals surface area contributed by atoms with Crippen molar-refractivity contribution in [1.29, 1.82) is 0 Å². The molecule has 2 amide bonds. The van der Waals surface area contributed by atoms with Crippen LogP contribution in [0.15, 0.2) is 0 Å². The molecule has 0 spiro atoms. The zero-order chi connectivity index (χ0) is 15.8. The summed E-state index contributed by atoms with van der Waals surface area (Å²) in [5.41, 5.74) is 0. The fourth-order valence-corrected chi connectivity index (χ4v) is 4.51. The lowest BCUT2D eigenvalue weighted by Crippen LogP contribution is -2.42. The molecule has 0 aromatic heterocycles. The van der Waals surface area contributed by atoms with E-state index in [1.54, 1.807) is 0 Å². The highest BCUT2D eigenvalue weighted by atomic mass is 16.5. The number of carbonyl (C=O) groups is 2. The minimum atomic E-state index is -0.106. The quantitative estimate of drug-likeness (QED) is 0.776. The molecular weight excluding hydrogens is 292 g/mol. The van der Waals surface area contributed by atoms with Gasteiger partial charge in [-0.05, 0) is 32.1 Å². The summed E-state index contributed by atoms with van der Waals surface area (Å²) in [5.74, 6) is 0.817. The molecule has 2 saturated heterocycles. The van der Waals surface area contributed by atoms with Gasteiger partial charge in [0.05, 0.1) is 12.5 Å². The van der Waals surface area contributed by atoms with Crippen molar-refractivity contribution < 1.29 is 14.3 Å². The van der Waals surface area contributed by atoms with E-state index in [4.69, 9.17) is 4.74 Å². The lowest BCUT2D eigenvalue weighted by molar-refractivity contribution is -0.137. The molecule has 0 aromatic rings. The standard InChI is InChI=1S/C18H28N2O3/c21-17-9-14(11-19(17)15-3-1-2-4-15)18(22)20(16-5-6-16)10-13-7-8-23-12-13/h13-16H,1-12H2/t13-,14+/m0/s1. The second-order valence-electron chi connectivity index (χ2n) is 7.84. The average Bonchev–Trinajstić information content (AvgIpc) is 2.99. The Morgan fingerprint density at radius 1 is 1.17 bits per heavy atom. The van der Waals surface area contributed by atoms with Gasteiger partial charge in [-0.25, -0.2) is 0 Å². The topological polar surface area (TPSA) is 49.9 Å². The third-order valence-corrected chi connectivity index (χ3v) is 6.02. The third-order valence-electron chi connectivity index (χ3n) is 6.02. The molecule has 0 N–H and O–H groups in total. The monoisotopic (exact) mass is 320 g/mol. The first kappa shape index (κ1) is 15.4. The van der Waals surface area contributed by atoms with Crippen LogP contribution in [0.4, 0.5) is 0 Å². The van der Waals surface area contributed by atoms with Gasteiger partial charge in [0.25, 0.3) is 0 Å². The molecule has 5 nitrogen and oxygen atoms in total. The molecule has 0 bridgehead atoms. The first-order chi connectivity index (χ1) is 11.2. The van der Waals surface area contributed by atoms with Crippen LogP contribution in [0.1, 0.15) is 51.4 Å². The van der Waals surface area contributed by atoms with Crippen molar-refractivity contribution in [1.82, 2.24) is 9.80 Å². The molecule has 4 aliphatic rings. The van der Waals surface area contributed by atoms with E-state index in [-0.39, 0.29) is 17.7 Å². The van der Waals surface area contributed by atoms with Crippen molar-refractivity contribution in [3.8, 4) is 0 Å². The van der Waals surface area contributed by atoms with Crippen molar-refractivity contribution in [2.24, 2.45) is 11.8 Å². The Morgan fingerprint density at radius 2 is 1.96 bits per heavy atom. The first-order valence-corrected chi connectivity index (χ1v) is 9.40. The van der Waals surface area contributed by atoms with Gasteiger partial charge in [-0.3, -0.25) is 9.59 Å². The molecule has 2 heterocycles. The minimum absolute atomic E-state index is 0.106. The molecule has 4 rings (SSSR count). The number of hydrogen-bond donors (Lipinski definition) is 0. The molecule has 2 saturated carbocycles. The fourth-order valence-electron chi connectivity index (χ4n) is 4.51. The molecule has 23 heavy (non-hydrogen) atoms. The highest BCUT2D eigenvalue weighted by Crippen LogP contribution is 2.34. The smallest absolute Gasteiger partial charge is 0.228 e. The van der Waals surface area contributed by atoms with Gasteiger partial charge in [0.15, 0.2) is 0 Å². The highest BCUT2D eigenvalue weighted by Gasteiger charge is 2.43. The van der Waals surface area contributed by atoms with Gasteiger partial charge in [-0.15, -0.1) is 0 Å². The summed E-state index contributed by atoms with van der Waals surface area (Å²) in [6.45, 7) is 3.10. The van der Waals surface area contributed by atoms with Crippen LogP contribution in [0.3, 0.4) is 0 Å². The van der Waals surface area contributed by atoms with Crippen LogP contribution in [-0.4, -0.2) is 60.0 Å². The second-order valence-corrected chi connectivity index (χ2v) is 7.84. The van der Waals surface area contributed by atoms with E-state index in [1.165, 1.54) is 12.8 Å². The molecule has 0 aromatic carbocycles. The molecule has 128 valence electrons. The Labute approximate surface area is 138 Å². The first-order valence-electron chi connectivity index (χ1n) is 9.40. The van der Waals surface area contributed by atoms with Crippen LogP contribution in [0.5, 0.6) is 0 Å². The number of rotatable bonds is 5. The summed E-state index contributed by atoms with van der Waals surface area (Å²) in [6.07, 6.45) is 8.45. The van der Waals surface area contributed by atoms with E-state index < -0.39 is 0 Å². The molecule has 2 aliphatic heterocycles. The van der Waals surface area contributed by atoms with Crippen molar-refractivity contribution in [2.75, 3.05) is 26.3 Å². The molecule has 0 unspecified atom stereocenters. The number of nitrogens with zero attached hydrogens (tertiary/aromatic N) is 2. The van der Waals surface area contributed by atoms with Crippen molar-refractivity contribution >= 4 is 11.8 Å². The highest BCUT2D eigenvalue weighted by molar-refractivity contribution is 5.89. The Morgan fingerprint density at radius 3 is 2.61 bits per heavy atom. The van der Waals surface area contributed by atoms with Crippen molar-refractivity contribution in [2.45, 2.75) is 63.5 Å². The second kappa shape index (κ2) is 6.42. The predicted molar refractivity (Wildman–Crippen MR) is 85.7 cm³/mol. The largest absolute Gasteiger partial charge is 0.381 e. The molecule has 2 atom stereocenters. The van der Waals surface area contributed by atoms with Gasteiger partial charge < -0.3 is 14.5 Å². The van der Waals surface area contributed by atoms with Gasteiger partial charge in [0, 0.05) is 44.1 Å². The van der Waals surface area contributed by atoms with E-state index in [2.05, 4.69) is 4.90 Å².